The average molecular weight is 383 g/mol. The number of rotatable bonds is 15. The van der Waals surface area contributed by atoms with Gasteiger partial charge in [-0.3, -0.25) is 0 Å². The number of unbranched alkanes of at least 4 members (excludes halogenated alkanes) is 5. The normalized spacial score (nSPS) is 12.7. The Hall–Kier alpha value is 0. The van der Waals surface area contributed by atoms with Crippen molar-refractivity contribution in [3.8, 4) is 0 Å². The van der Waals surface area contributed by atoms with Gasteiger partial charge in [0.25, 0.3) is 0 Å². The Kier molecular flexibility index (Phi) is 17.2. The Labute approximate surface area is 175 Å². The molecule has 0 aliphatic heterocycles. The Morgan fingerprint density at radius 1 is 0.370 bits per heavy atom. The van der Waals surface area contributed by atoms with Gasteiger partial charge in [0.1, 0.15) is 0 Å². The second-order valence-electron chi connectivity index (χ2n) is 11.3. The average Bonchev–Trinajstić information content (AvgIpc) is 2.60. The molecule has 0 nitrogen and oxygen atoms in total. The molecule has 0 aromatic rings. The molecular weight excluding hydrogens is 324 g/mol. The van der Waals surface area contributed by atoms with E-state index >= 15 is 0 Å². The summed E-state index contributed by atoms with van der Waals surface area (Å²) >= 11 is 0. The molecule has 27 heavy (non-hydrogen) atoms. The smallest absolute Gasteiger partial charge is 0.0354 e. The molecule has 0 heterocycles. The van der Waals surface area contributed by atoms with Crippen molar-refractivity contribution < 1.29 is 0 Å². The van der Waals surface area contributed by atoms with Crippen molar-refractivity contribution in [2.75, 3.05) is 0 Å². The lowest BCUT2D eigenvalue weighted by atomic mass is 9.78. The first-order valence-corrected chi connectivity index (χ1v) is 12.4. The third-order valence-corrected chi connectivity index (χ3v) is 6.79. The lowest BCUT2D eigenvalue weighted by molar-refractivity contribution is 0.245. The van der Waals surface area contributed by atoms with Crippen LogP contribution in [0.25, 0.3) is 0 Å². The maximum absolute atomic E-state index is 2.43. The molecule has 0 aromatic heterocycles. The van der Waals surface area contributed by atoms with E-state index in [1.54, 1.807) is 0 Å². The van der Waals surface area contributed by atoms with E-state index in [2.05, 4.69) is 69.2 Å². The fraction of sp³-hybridized carbons (Fsp3) is 1.00. The Bertz CT molecular complexity index is 308. The van der Waals surface area contributed by atoms with E-state index in [4.69, 9.17) is 0 Å². The first-order valence-electron chi connectivity index (χ1n) is 12.4. The molecule has 0 aliphatic rings. The highest BCUT2D eigenvalue weighted by Gasteiger charge is 2.20. The standard InChI is InChI=1S/C15H32.C12H26/c1-7-9-11-15(5,6)13-10-12-14(3,4)8-2;1-5-7-8-9-10-11-12(3,4)6-2/h7-13H2,1-6H3;5-11H2,1-4H3. The zero-order valence-electron chi connectivity index (χ0n) is 21.4. The van der Waals surface area contributed by atoms with Crippen LogP contribution in [0, 0.1) is 16.2 Å². The molecule has 0 heteroatoms. The molecule has 0 unspecified atom stereocenters. The molecule has 0 aliphatic carbocycles. The Morgan fingerprint density at radius 3 is 1.19 bits per heavy atom. The molecule has 0 saturated carbocycles. The summed E-state index contributed by atoms with van der Waals surface area (Å²) in [4.78, 5) is 0. The molecule has 0 bridgehead atoms. The van der Waals surface area contributed by atoms with Gasteiger partial charge in [-0.2, -0.15) is 0 Å². The second kappa shape index (κ2) is 15.9. The predicted molar refractivity (Wildman–Crippen MR) is 129 cm³/mol. The van der Waals surface area contributed by atoms with Gasteiger partial charge in [0, 0.05) is 0 Å². The molecule has 0 atom stereocenters. The van der Waals surface area contributed by atoms with Crippen molar-refractivity contribution in [3.63, 3.8) is 0 Å². The number of hydrogen-bond donors (Lipinski definition) is 0. The van der Waals surface area contributed by atoms with Crippen molar-refractivity contribution in [2.45, 2.75) is 159 Å². The van der Waals surface area contributed by atoms with E-state index in [0.29, 0.717) is 16.2 Å². The molecule has 0 aromatic carbocycles. The maximum Gasteiger partial charge on any atom is -0.0354 e. The molecule has 166 valence electrons. The zero-order chi connectivity index (χ0) is 21.4. The Balaban J connectivity index is 0. The molecule has 0 N–H and O–H groups in total. The molecule has 0 amide bonds. The van der Waals surface area contributed by atoms with Crippen LogP contribution in [0.4, 0.5) is 0 Å². The van der Waals surface area contributed by atoms with Crippen molar-refractivity contribution in [2.24, 2.45) is 16.2 Å². The summed E-state index contributed by atoms with van der Waals surface area (Å²) < 4.78 is 0. The minimum absolute atomic E-state index is 0.556. The van der Waals surface area contributed by atoms with Crippen LogP contribution in [0.5, 0.6) is 0 Å². The highest BCUT2D eigenvalue weighted by molar-refractivity contribution is 4.72. The van der Waals surface area contributed by atoms with Crippen LogP contribution >= 0.6 is 0 Å². The van der Waals surface area contributed by atoms with E-state index in [1.165, 1.54) is 89.9 Å². The van der Waals surface area contributed by atoms with Gasteiger partial charge in [-0.05, 0) is 41.9 Å². The SMILES string of the molecule is CCCCC(C)(C)CCCC(C)(C)CC.CCCCCCCC(C)(C)CC. The van der Waals surface area contributed by atoms with Crippen LogP contribution in [-0.2, 0) is 0 Å². The molecule has 0 spiro atoms. The van der Waals surface area contributed by atoms with Crippen LogP contribution in [-0.4, -0.2) is 0 Å². The Morgan fingerprint density at radius 2 is 0.741 bits per heavy atom. The lowest BCUT2D eigenvalue weighted by Gasteiger charge is -2.28. The zero-order valence-corrected chi connectivity index (χ0v) is 21.4. The van der Waals surface area contributed by atoms with Gasteiger partial charge in [-0.1, -0.05) is 133 Å². The van der Waals surface area contributed by atoms with Gasteiger partial charge in [-0.25, -0.2) is 0 Å². The van der Waals surface area contributed by atoms with Crippen LogP contribution in [0.2, 0.25) is 0 Å². The van der Waals surface area contributed by atoms with Gasteiger partial charge in [0.05, 0.1) is 0 Å². The van der Waals surface area contributed by atoms with E-state index in [0.717, 1.165) is 0 Å². The van der Waals surface area contributed by atoms with E-state index < -0.39 is 0 Å². The van der Waals surface area contributed by atoms with Gasteiger partial charge >= 0.3 is 0 Å². The fourth-order valence-corrected chi connectivity index (χ4v) is 3.39. The summed E-state index contributed by atoms with van der Waals surface area (Å²) in [5, 5.41) is 0. The lowest BCUT2D eigenvalue weighted by Crippen LogP contribution is -2.14. The minimum Gasteiger partial charge on any atom is -0.0654 e. The van der Waals surface area contributed by atoms with Crippen LogP contribution < -0.4 is 0 Å². The van der Waals surface area contributed by atoms with E-state index in [9.17, 15) is 0 Å². The fourth-order valence-electron chi connectivity index (χ4n) is 3.39. The predicted octanol–water partition coefficient (Wildman–Crippen LogP) is 10.6. The topological polar surface area (TPSA) is 0 Å². The molecule has 0 fully saturated rings. The summed E-state index contributed by atoms with van der Waals surface area (Å²) in [6.45, 7) is 23.6. The molecule has 0 saturated heterocycles. The third kappa shape index (κ3) is 20.5. The third-order valence-electron chi connectivity index (χ3n) is 6.79. The van der Waals surface area contributed by atoms with Crippen LogP contribution in [0.15, 0.2) is 0 Å². The van der Waals surface area contributed by atoms with Crippen LogP contribution in [0.3, 0.4) is 0 Å². The number of hydrogen-bond acceptors (Lipinski definition) is 0. The largest absolute Gasteiger partial charge is 0.0654 e. The van der Waals surface area contributed by atoms with Gasteiger partial charge in [0.15, 0.2) is 0 Å². The summed E-state index contributed by atoms with van der Waals surface area (Å²) in [5.41, 5.74) is 1.72. The van der Waals surface area contributed by atoms with Gasteiger partial charge in [0.2, 0.25) is 0 Å². The quantitative estimate of drug-likeness (QED) is 0.247. The molecule has 0 rings (SSSR count). The summed E-state index contributed by atoms with van der Waals surface area (Å²) in [7, 11) is 0. The summed E-state index contributed by atoms with van der Waals surface area (Å²) in [6, 6.07) is 0. The minimum atomic E-state index is 0.556. The summed E-state index contributed by atoms with van der Waals surface area (Å²) in [5.74, 6) is 0. The summed E-state index contributed by atoms with van der Waals surface area (Å²) in [6.07, 6.45) is 19.5. The van der Waals surface area contributed by atoms with Crippen LogP contribution in [0.1, 0.15) is 159 Å². The highest BCUT2D eigenvalue weighted by Crippen LogP contribution is 2.34. The molecule has 0 radical (unpaired) electrons. The van der Waals surface area contributed by atoms with E-state index in [-0.39, 0.29) is 0 Å². The van der Waals surface area contributed by atoms with Crippen molar-refractivity contribution >= 4 is 0 Å². The maximum atomic E-state index is 2.43. The molecular formula is C27H58. The first-order chi connectivity index (χ1) is 12.4. The van der Waals surface area contributed by atoms with Crippen molar-refractivity contribution in [1.82, 2.24) is 0 Å². The van der Waals surface area contributed by atoms with Gasteiger partial charge < -0.3 is 0 Å². The van der Waals surface area contributed by atoms with E-state index in [1.807, 2.05) is 0 Å². The highest BCUT2D eigenvalue weighted by atomic mass is 14.3. The van der Waals surface area contributed by atoms with Crippen molar-refractivity contribution in [3.05, 3.63) is 0 Å². The first kappa shape index (κ1) is 29.2. The monoisotopic (exact) mass is 382 g/mol. The van der Waals surface area contributed by atoms with Crippen molar-refractivity contribution in [1.29, 1.82) is 0 Å². The second-order valence-corrected chi connectivity index (χ2v) is 11.3. The van der Waals surface area contributed by atoms with Gasteiger partial charge in [-0.15, -0.1) is 0 Å².